The molecule has 39 heavy (non-hydrogen) atoms. The smallest absolute Gasteiger partial charge is 0.350 e. The summed E-state index contributed by atoms with van der Waals surface area (Å²) >= 11 is 0.945. The standard InChI is InChI=1S/C29H26N2O7S/c1-5-12-37-20-9-6-17(7-10-20)23-22(24(32)18-8-11-21-19(14-18)13-15(2)38-21)25(33)27(34)31(23)29-30-16(3)26(39-29)28(35)36-4/h5-11,14-15,23,32H,1,12-13H2,2-4H3/b24-22+. The second-order valence-corrected chi connectivity index (χ2v) is 10.2. The number of esters is 1. The van der Waals surface area contributed by atoms with E-state index in [-0.39, 0.29) is 27.4 Å². The van der Waals surface area contributed by atoms with Crippen LogP contribution in [0, 0.1) is 6.92 Å². The molecule has 0 radical (unpaired) electrons. The Morgan fingerprint density at radius 2 is 2.00 bits per heavy atom. The second kappa shape index (κ2) is 10.4. The van der Waals surface area contributed by atoms with Crippen LogP contribution in [0.4, 0.5) is 5.13 Å². The van der Waals surface area contributed by atoms with Gasteiger partial charge in [-0.3, -0.25) is 14.5 Å². The molecule has 1 fully saturated rings. The van der Waals surface area contributed by atoms with Crippen molar-refractivity contribution in [1.29, 1.82) is 0 Å². The Balaban J connectivity index is 1.65. The molecule has 1 N–H and O–H groups in total. The van der Waals surface area contributed by atoms with Crippen molar-refractivity contribution in [2.24, 2.45) is 0 Å². The lowest BCUT2D eigenvalue weighted by Gasteiger charge is -2.23. The zero-order valence-electron chi connectivity index (χ0n) is 21.6. The van der Waals surface area contributed by atoms with Crippen LogP contribution in [0.25, 0.3) is 5.76 Å². The van der Waals surface area contributed by atoms with Gasteiger partial charge >= 0.3 is 11.9 Å². The van der Waals surface area contributed by atoms with Gasteiger partial charge in [0.15, 0.2) is 5.13 Å². The Labute approximate surface area is 229 Å². The second-order valence-electron chi connectivity index (χ2n) is 9.20. The highest BCUT2D eigenvalue weighted by molar-refractivity contribution is 7.17. The highest BCUT2D eigenvalue weighted by atomic mass is 32.1. The maximum Gasteiger partial charge on any atom is 0.350 e. The molecular formula is C29H26N2O7S. The number of methoxy groups -OCH3 is 1. The molecule has 0 spiro atoms. The molecule has 0 aliphatic carbocycles. The van der Waals surface area contributed by atoms with E-state index in [1.165, 1.54) is 12.0 Å². The van der Waals surface area contributed by atoms with E-state index in [1.54, 1.807) is 55.5 Å². The number of amides is 1. The summed E-state index contributed by atoms with van der Waals surface area (Å²) in [5, 5.41) is 11.6. The first kappa shape index (κ1) is 26.2. The van der Waals surface area contributed by atoms with E-state index in [4.69, 9.17) is 14.2 Å². The zero-order chi connectivity index (χ0) is 27.8. The lowest BCUT2D eigenvalue weighted by Crippen LogP contribution is -2.29. The van der Waals surface area contributed by atoms with E-state index >= 15 is 0 Å². The van der Waals surface area contributed by atoms with E-state index in [0.29, 0.717) is 35.6 Å². The van der Waals surface area contributed by atoms with Crippen LogP contribution in [0.5, 0.6) is 11.5 Å². The first-order valence-corrected chi connectivity index (χ1v) is 13.1. The summed E-state index contributed by atoms with van der Waals surface area (Å²) in [6.07, 6.45) is 2.28. The summed E-state index contributed by atoms with van der Waals surface area (Å²) in [6, 6.07) is 11.0. The van der Waals surface area contributed by atoms with Crippen molar-refractivity contribution >= 4 is 39.9 Å². The predicted molar refractivity (Wildman–Crippen MR) is 145 cm³/mol. The van der Waals surface area contributed by atoms with Crippen molar-refractivity contribution < 1.29 is 33.7 Å². The number of aliphatic hydroxyl groups is 1. The molecule has 1 amide bonds. The maximum absolute atomic E-state index is 13.5. The van der Waals surface area contributed by atoms with E-state index in [2.05, 4.69) is 11.6 Å². The molecule has 2 aliphatic rings. The number of nitrogens with zero attached hydrogens (tertiary/aromatic N) is 2. The molecular weight excluding hydrogens is 520 g/mol. The van der Waals surface area contributed by atoms with Crippen molar-refractivity contribution in [3.8, 4) is 11.5 Å². The van der Waals surface area contributed by atoms with Gasteiger partial charge in [-0.2, -0.15) is 0 Å². The first-order valence-electron chi connectivity index (χ1n) is 12.2. The van der Waals surface area contributed by atoms with Gasteiger partial charge in [-0.25, -0.2) is 9.78 Å². The number of aromatic nitrogens is 1. The van der Waals surface area contributed by atoms with Crippen LogP contribution >= 0.6 is 11.3 Å². The zero-order valence-corrected chi connectivity index (χ0v) is 22.4. The van der Waals surface area contributed by atoms with Gasteiger partial charge in [0, 0.05) is 12.0 Å². The molecule has 200 valence electrons. The summed E-state index contributed by atoms with van der Waals surface area (Å²) in [6.45, 7) is 7.53. The highest BCUT2D eigenvalue weighted by Crippen LogP contribution is 2.44. The molecule has 0 bridgehead atoms. The molecule has 3 aromatic rings. The van der Waals surface area contributed by atoms with E-state index < -0.39 is 23.7 Å². The third-order valence-corrected chi connectivity index (χ3v) is 7.68. The number of aliphatic hydroxyl groups excluding tert-OH is 1. The quantitative estimate of drug-likeness (QED) is 0.148. The fourth-order valence-electron chi connectivity index (χ4n) is 4.74. The molecule has 2 aliphatic heterocycles. The summed E-state index contributed by atoms with van der Waals surface area (Å²) in [4.78, 5) is 45.0. The number of hydrogen-bond acceptors (Lipinski definition) is 9. The van der Waals surface area contributed by atoms with Crippen molar-refractivity contribution in [1.82, 2.24) is 4.98 Å². The third-order valence-electron chi connectivity index (χ3n) is 6.54. The molecule has 3 heterocycles. The molecule has 1 aromatic heterocycles. The van der Waals surface area contributed by atoms with Gasteiger partial charge < -0.3 is 19.3 Å². The number of anilines is 1. The van der Waals surface area contributed by atoms with Crippen LogP contribution in [0.1, 0.15) is 45.0 Å². The average molecular weight is 547 g/mol. The molecule has 9 nitrogen and oxygen atoms in total. The number of Topliss-reactive ketones (excluding diaryl/α,β-unsaturated/α-hetero) is 1. The number of benzene rings is 2. The number of aryl methyl sites for hydroxylation is 1. The molecule has 10 heteroatoms. The van der Waals surface area contributed by atoms with Gasteiger partial charge in [0.05, 0.1) is 24.4 Å². The Hall–Kier alpha value is -4.44. The van der Waals surface area contributed by atoms with E-state index in [1.807, 2.05) is 6.92 Å². The van der Waals surface area contributed by atoms with Gasteiger partial charge in [-0.15, -0.1) is 0 Å². The number of thiazole rings is 1. The van der Waals surface area contributed by atoms with Gasteiger partial charge in [-0.05, 0) is 55.3 Å². The van der Waals surface area contributed by atoms with Gasteiger partial charge in [-0.1, -0.05) is 36.1 Å². The normalized spacial score (nSPS) is 19.5. The first-order chi connectivity index (χ1) is 18.7. The summed E-state index contributed by atoms with van der Waals surface area (Å²) in [5.74, 6) is -1.33. The van der Waals surface area contributed by atoms with Crippen LogP contribution in [-0.2, 0) is 20.7 Å². The van der Waals surface area contributed by atoms with E-state index in [0.717, 1.165) is 22.6 Å². The number of hydrogen-bond donors (Lipinski definition) is 1. The van der Waals surface area contributed by atoms with Crippen molar-refractivity contribution in [2.45, 2.75) is 32.4 Å². The summed E-state index contributed by atoms with van der Waals surface area (Å²) in [5.41, 5.74) is 2.13. The van der Waals surface area contributed by atoms with Gasteiger partial charge in [0.25, 0.3) is 5.78 Å². The summed E-state index contributed by atoms with van der Waals surface area (Å²) in [7, 11) is 1.26. The summed E-state index contributed by atoms with van der Waals surface area (Å²) < 4.78 is 16.2. The largest absolute Gasteiger partial charge is 0.507 e. The lowest BCUT2D eigenvalue weighted by atomic mass is 9.94. The average Bonchev–Trinajstić information content (AvgIpc) is 3.58. The SMILES string of the molecule is C=CCOc1ccc(C2/C(=C(\O)c3ccc4c(c3)CC(C)O4)C(=O)C(=O)N2c2nc(C)c(C(=O)OC)s2)cc1. The van der Waals surface area contributed by atoms with Crippen LogP contribution in [-0.4, -0.2) is 47.6 Å². The molecule has 2 atom stereocenters. The Kier molecular flexibility index (Phi) is 6.96. The molecule has 1 saturated heterocycles. The Morgan fingerprint density at radius 1 is 1.26 bits per heavy atom. The maximum atomic E-state index is 13.5. The minimum Gasteiger partial charge on any atom is -0.507 e. The fraction of sp³-hybridized carbons (Fsp3) is 0.241. The van der Waals surface area contributed by atoms with Crippen molar-refractivity contribution in [3.63, 3.8) is 0 Å². The fourth-order valence-corrected chi connectivity index (χ4v) is 5.75. The van der Waals surface area contributed by atoms with Crippen LogP contribution in [0.15, 0.2) is 60.7 Å². The molecule has 2 aromatic carbocycles. The van der Waals surface area contributed by atoms with Crippen molar-refractivity contribution in [3.05, 3.63) is 88.0 Å². The lowest BCUT2D eigenvalue weighted by molar-refractivity contribution is -0.132. The number of ether oxygens (including phenoxy) is 3. The minimum atomic E-state index is -1.00. The Bertz CT molecular complexity index is 1520. The Morgan fingerprint density at radius 3 is 2.69 bits per heavy atom. The number of carbonyl (C=O) groups excluding carboxylic acids is 3. The van der Waals surface area contributed by atoms with Crippen molar-refractivity contribution in [2.75, 3.05) is 18.6 Å². The number of ketones is 1. The minimum absolute atomic E-state index is 0.00180. The molecule has 0 saturated carbocycles. The molecule has 2 unspecified atom stereocenters. The topological polar surface area (TPSA) is 115 Å². The highest BCUT2D eigenvalue weighted by Gasteiger charge is 2.48. The van der Waals surface area contributed by atoms with Gasteiger partial charge in [0.1, 0.15) is 34.8 Å². The van der Waals surface area contributed by atoms with Gasteiger partial charge in [0.2, 0.25) is 0 Å². The third kappa shape index (κ3) is 4.67. The molecule has 5 rings (SSSR count). The van der Waals surface area contributed by atoms with Crippen LogP contribution in [0.3, 0.4) is 0 Å². The van der Waals surface area contributed by atoms with Crippen LogP contribution in [0.2, 0.25) is 0 Å². The van der Waals surface area contributed by atoms with E-state index in [9.17, 15) is 19.5 Å². The number of rotatable bonds is 7. The van der Waals surface area contributed by atoms with Crippen LogP contribution < -0.4 is 14.4 Å². The number of fused-ring (bicyclic) bond motifs is 1. The number of carbonyl (C=O) groups is 3. The predicted octanol–water partition coefficient (Wildman–Crippen LogP) is 4.75. The monoisotopic (exact) mass is 546 g/mol.